The number of nitrogens with zero attached hydrogens (tertiary/aromatic N) is 1. The molecule has 2 nitrogen and oxygen atoms in total. The first-order valence-corrected chi connectivity index (χ1v) is 7.51. The van der Waals surface area contributed by atoms with Gasteiger partial charge in [0.15, 0.2) is 0 Å². The fourth-order valence-electron chi connectivity index (χ4n) is 2.77. The lowest BCUT2D eigenvalue weighted by atomic mass is 9.88. The summed E-state index contributed by atoms with van der Waals surface area (Å²) < 4.78 is 0. The number of rotatable bonds is 7. The average molecular weight is 262 g/mol. The van der Waals surface area contributed by atoms with Gasteiger partial charge in [-0.15, -0.1) is 0 Å². The van der Waals surface area contributed by atoms with Gasteiger partial charge in [0.1, 0.15) is 0 Å². The molecule has 2 heteroatoms. The molecule has 2 N–H and O–H groups in total. The zero-order valence-electron chi connectivity index (χ0n) is 13.2. The highest BCUT2D eigenvalue weighted by Crippen LogP contribution is 2.30. The Balaban J connectivity index is 2.97. The predicted octanol–water partition coefficient (Wildman–Crippen LogP) is 3.79. The summed E-state index contributed by atoms with van der Waals surface area (Å²) in [6.07, 6.45) is 2.31. The average Bonchev–Trinajstić information content (AvgIpc) is 2.43. The smallest absolute Gasteiger partial charge is 0.0382 e. The van der Waals surface area contributed by atoms with Gasteiger partial charge in [0.2, 0.25) is 0 Å². The minimum atomic E-state index is 0.418. The van der Waals surface area contributed by atoms with E-state index in [0.29, 0.717) is 17.9 Å². The van der Waals surface area contributed by atoms with Crippen molar-refractivity contribution < 1.29 is 0 Å². The molecule has 0 amide bonds. The summed E-state index contributed by atoms with van der Waals surface area (Å²) in [4.78, 5) is 2.29. The Labute approximate surface area is 119 Å². The van der Waals surface area contributed by atoms with E-state index in [2.05, 4.69) is 64.0 Å². The number of hydrogen-bond donors (Lipinski definition) is 1. The molecule has 3 atom stereocenters. The molecular weight excluding hydrogens is 232 g/mol. The molecule has 0 aliphatic rings. The maximum atomic E-state index is 5.93. The van der Waals surface area contributed by atoms with E-state index in [1.54, 1.807) is 0 Å². The van der Waals surface area contributed by atoms with Crippen molar-refractivity contribution in [2.45, 2.75) is 45.6 Å². The van der Waals surface area contributed by atoms with Crippen LogP contribution in [-0.4, -0.2) is 25.5 Å². The van der Waals surface area contributed by atoms with Crippen molar-refractivity contribution >= 4 is 0 Å². The molecule has 3 unspecified atom stereocenters. The molecule has 0 aliphatic carbocycles. The van der Waals surface area contributed by atoms with Crippen LogP contribution in [-0.2, 0) is 0 Å². The second kappa shape index (κ2) is 7.66. The third kappa shape index (κ3) is 4.05. The van der Waals surface area contributed by atoms with E-state index in [1.165, 1.54) is 17.5 Å². The van der Waals surface area contributed by atoms with Crippen molar-refractivity contribution in [2.75, 3.05) is 20.6 Å². The van der Waals surface area contributed by atoms with Crippen molar-refractivity contribution in [3.63, 3.8) is 0 Å². The molecule has 0 aliphatic heterocycles. The molecule has 1 aromatic carbocycles. The van der Waals surface area contributed by atoms with Gasteiger partial charge in [-0.25, -0.2) is 0 Å². The van der Waals surface area contributed by atoms with Gasteiger partial charge in [-0.2, -0.15) is 0 Å². The number of hydrogen-bond acceptors (Lipinski definition) is 2. The van der Waals surface area contributed by atoms with E-state index in [0.717, 1.165) is 13.0 Å². The molecule has 0 saturated heterocycles. The van der Waals surface area contributed by atoms with Crippen LogP contribution in [0.25, 0.3) is 0 Å². The topological polar surface area (TPSA) is 29.3 Å². The highest BCUT2D eigenvalue weighted by Gasteiger charge is 2.22. The van der Waals surface area contributed by atoms with Crippen molar-refractivity contribution in [3.05, 3.63) is 35.4 Å². The predicted molar refractivity (Wildman–Crippen MR) is 84.4 cm³/mol. The Kier molecular flexibility index (Phi) is 6.53. The summed E-state index contributed by atoms with van der Waals surface area (Å²) in [7, 11) is 4.29. The highest BCUT2D eigenvalue weighted by atomic mass is 15.1. The second-order valence-electron chi connectivity index (χ2n) is 5.79. The quantitative estimate of drug-likeness (QED) is 0.810. The summed E-state index contributed by atoms with van der Waals surface area (Å²) in [6, 6.07) is 9.54. The maximum absolute atomic E-state index is 5.93. The van der Waals surface area contributed by atoms with Crippen molar-refractivity contribution in [2.24, 2.45) is 11.7 Å². The third-order valence-electron chi connectivity index (χ3n) is 4.29. The second-order valence-corrected chi connectivity index (χ2v) is 5.79. The van der Waals surface area contributed by atoms with Gasteiger partial charge in [-0.05, 0) is 50.0 Å². The van der Waals surface area contributed by atoms with Gasteiger partial charge in [-0.3, -0.25) is 0 Å². The van der Waals surface area contributed by atoms with E-state index < -0.39 is 0 Å². The molecular formula is C17H30N2. The van der Waals surface area contributed by atoms with Crippen LogP contribution in [0.5, 0.6) is 0 Å². The molecule has 0 spiro atoms. The molecule has 0 aromatic heterocycles. The van der Waals surface area contributed by atoms with Crippen LogP contribution in [0.3, 0.4) is 0 Å². The van der Waals surface area contributed by atoms with Gasteiger partial charge in [-0.1, -0.05) is 51.5 Å². The Hall–Kier alpha value is -0.860. The van der Waals surface area contributed by atoms with Gasteiger partial charge < -0.3 is 10.6 Å². The minimum Gasteiger partial charge on any atom is -0.330 e. The zero-order chi connectivity index (χ0) is 14.4. The Morgan fingerprint density at radius 1 is 1.00 bits per heavy atom. The van der Waals surface area contributed by atoms with E-state index in [-0.39, 0.29) is 0 Å². The lowest BCUT2D eigenvalue weighted by molar-refractivity contribution is 0.211. The van der Waals surface area contributed by atoms with Crippen molar-refractivity contribution in [1.82, 2.24) is 4.90 Å². The number of nitrogens with two attached hydrogens (primary N) is 1. The molecule has 108 valence electrons. The summed E-state index contributed by atoms with van der Waals surface area (Å²) in [5.41, 5.74) is 8.75. The number of benzene rings is 1. The van der Waals surface area contributed by atoms with Gasteiger partial charge in [0.05, 0.1) is 0 Å². The Bertz CT molecular complexity index is 352. The standard InChI is InChI=1S/C17H30N2/c1-6-13(3)15-8-10-16(11-9-15)17(19(4)5)14(7-2)12-18/h8-11,13-14,17H,6-7,12,18H2,1-5H3. The summed E-state index contributed by atoms with van der Waals surface area (Å²) in [6.45, 7) is 7.49. The van der Waals surface area contributed by atoms with Crippen LogP contribution in [0.15, 0.2) is 24.3 Å². The molecule has 1 aromatic rings. The molecule has 1 rings (SSSR count). The summed E-state index contributed by atoms with van der Waals surface area (Å²) in [5, 5.41) is 0. The minimum absolute atomic E-state index is 0.418. The van der Waals surface area contributed by atoms with Crippen molar-refractivity contribution in [3.8, 4) is 0 Å². The third-order valence-corrected chi connectivity index (χ3v) is 4.29. The van der Waals surface area contributed by atoms with E-state index in [9.17, 15) is 0 Å². The first-order valence-electron chi connectivity index (χ1n) is 7.51. The summed E-state index contributed by atoms with van der Waals surface area (Å²) >= 11 is 0. The van der Waals surface area contributed by atoms with Gasteiger partial charge >= 0.3 is 0 Å². The van der Waals surface area contributed by atoms with Crippen LogP contribution >= 0.6 is 0 Å². The van der Waals surface area contributed by atoms with Crippen LogP contribution in [0, 0.1) is 5.92 Å². The lowest BCUT2D eigenvalue weighted by Gasteiger charge is -2.31. The first-order chi connectivity index (χ1) is 9.04. The van der Waals surface area contributed by atoms with Crippen LogP contribution < -0.4 is 5.73 Å². The first kappa shape index (κ1) is 16.2. The molecule has 0 heterocycles. The molecule has 0 radical (unpaired) electrons. The maximum Gasteiger partial charge on any atom is 0.0382 e. The van der Waals surface area contributed by atoms with E-state index >= 15 is 0 Å². The van der Waals surface area contributed by atoms with Crippen LogP contribution in [0.4, 0.5) is 0 Å². The van der Waals surface area contributed by atoms with Crippen molar-refractivity contribution in [1.29, 1.82) is 0 Å². The van der Waals surface area contributed by atoms with Gasteiger partial charge in [0.25, 0.3) is 0 Å². The lowest BCUT2D eigenvalue weighted by Crippen LogP contribution is -2.31. The normalized spacial score (nSPS) is 16.4. The SMILES string of the molecule is CCC(C)c1ccc(C(C(CC)CN)N(C)C)cc1. The van der Waals surface area contributed by atoms with E-state index in [4.69, 9.17) is 5.73 Å². The molecule has 0 fully saturated rings. The largest absolute Gasteiger partial charge is 0.330 e. The molecule has 19 heavy (non-hydrogen) atoms. The fourth-order valence-corrected chi connectivity index (χ4v) is 2.77. The fraction of sp³-hybridized carbons (Fsp3) is 0.647. The molecule has 0 bridgehead atoms. The summed E-state index contributed by atoms with van der Waals surface area (Å²) in [5.74, 6) is 1.16. The van der Waals surface area contributed by atoms with Crippen LogP contribution in [0.1, 0.15) is 56.7 Å². The Morgan fingerprint density at radius 3 is 1.89 bits per heavy atom. The van der Waals surface area contributed by atoms with E-state index in [1.807, 2.05) is 0 Å². The highest BCUT2D eigenvalue weighted by molar-refractivity contribution is 5.27. The Morgan fingerprint density at radius 2 is 1.53 bits per heavy atom. The monoisotopic (exact) mass is 262 g/mol. The van der Waals surface area contributed by atoms with Crippen LogP contribution in [0.2, 0.25) is 0 Å². The van der Waals surface area contributed by atoms with Gasteiger partial charge in [0, 0.05) is 6.04 Å². The zero-order valence-corrected chi connectivity index (χ0v) is 13.2. The molecule has 0 saturated carbocycles.